The number of nitrogens with zero attached hydrogens (tertiary/aromatic N) is 3. The second kappa shape index (κ2) is 6.65. The van der Waals surface area contributed by atoms with Gasteiger partial charge in [0, 0.05) is 22.6 Å². The molecule has 3 rings (SSSR count). The van der Waals surface area contributed by atoms with Crippen molar-refractivity contribution in [1.82, 2.24) is 25.7 Å². The van der Waals surface area contributed by atoms with Gasteiger partial charge in [-0.15, -0.1) is 0 Å². The first-order valence-corrected chi connectivity index (χ1v) is 8.74. The van der Waals surface area contributed by atoms with Gasteiger partial charge in [0.15, 0.2) is 11.5 Å². The number of rotatable bonds is 3. The molecule has 2 N–H and O–H groups in total. The lowest BCUT2D eigenvalue weighted by Gasteiger charge is -2.23. The molecule has 0 aliphatic heterocycles. The summed E-state index contributed by atoms with van der Waals surface area (Å²) in [6, 6.07) is -0.533. The summed E-state index contributed by atoms with van der Waals surface area (Å²) in [4.78, 5) is 16.9. The van der Waals surface area contributed by atoms with Crippen molar-refractivity contribution in [3.63, 3.8) is 0 Å². The topological polar surface area (TPSA) is 96.7 Å². The van der Waals surface area contributed by atoms with E-state index < -0.39 is 23.8 Å². The second-order valence-corrected chi connectivity index (χ2v) is 7.90. The quantitative estimate of drug-likeness (QED) is 0.846. The van der Waals surface area contributed by atoms with Crippen LogP contribution in [0.1, 0.15) is 68.8 Å². The maximum Gasteiger partial charge on any atom is 0.435 e. The third-order valence-electron chi connectivity index (χ3n) is 4.63. The van der Waals surface area contributed by atoms with E-state index >= 15 is 0 Å². The van der Waals surface area contributed by atoms with Crippen molar-refractivity contribution in [3.05, 3.63) is 28.7 Å². The molecule has 0 radical (unpaired) electrons. The van der Waals surface area contributed by atoms with Crippen LogP contribution in [0.2, 0.25) is 0 Å². The summed E-state index contributed by atoms with van der Waals surface area (Å²) in [6.07, 6.45) is -3.75. The monoisotopic (exact) mass is 385 g/mol. The first kappa shape index (κ1) is 19.4. The Bertz CT molecular complexity index is 834. The highest BCUT2D eigenvalue weighted by molar-refractivity contribution is 5.79. The Hall–Kier alpha value is -2.39. The first-order valence-electron chi connectivity index (χ1n) is 8.74. The van der Waals surface area contributed by atoms with Gasteiger partial charge >= 0.3 is 6.18 Å². The molecule has 7 nitrogen and oxygen atoms in total. The Kier molecular flexibility index (Phi) is 4.77. The molecule has 2 atom stereocenters. The SMILES string of the molecule is C[C@H](NC(=O)[C@@H]1CCc2[nH]nc(C(F)(F)F)c2C1)c1nc(C(C)(C)C)no1. The van der Waals surface area contributed by atoms with E-state index in [0.29, 0.717) is 24.4 Å². The molecule has 0 saturated heterocycles. The Morgan fingerprint density at radius 3 is 2.63 bits per heavy atom. The van der Waals surface area contributed by atoms with Crippen molar-refractivity contribution in [1.29, 1.82) is 0 Å². The largest absolute Gasteiger partial charge is 0.435 e. The van der Waals surface area contributed by atoms with Crippen molar-refractivity contribution in [2.24, 2.45) is 5.92 Å². The molecular formula is C17H22F3N5O2. The van der Waals surface area contributed by atoms with E-state index in [2.05, 4.69) is 25.7 Å². The summed E-state index contributed by atoms with van der Waals surface area (Å²) in [7, 11) is 0. The number of nitrogens with one attached hydrogen (secondary N) is 2. The van der Waals surface area contributed by atoms with E-state index in [1.807, 2.05) is 20.8 Å². The summed E-state index contributed by atoms with van der Waals surface area (Å²) < 4.78 is 44.4. The van der Waals surface area contributed by atoms with Gasteiger partial charge in [0.1, 0.15) is 6.04 Å². The lowest BCUT2D eigenvalue weighted by atomic mass is 9.85. The molecular weight excluding hydrogens is 363 g/mol. The third kappa shape index (κ3) is 3.98. The average molecular weight is 385 g/mol. The minimum atomic E-state index is -4.54. The van der Waals surface area contributed by atoms with Crippen LogP contribution in [0.4, 0.5) is 13.2 Å². The molecule has 2 aromatic rings. The number of aryl methyl sites for hydroxylation is 1. The lowest BCUT2D eigenvalue weighted by Crippen LogP contribution is -2.36. The Morgan fingerprint density at radius 1 is 1.33 bits per heavy atom. The second-order valence-electron chi connectivity index (χ2n) is 7.90. The van der Waals surface area contributed by atoms with Gasteiger partial charge in [0.2, 0.25) is 11.8 Å². The van der Waals surface area contributed by atoms with Crippen molar-refractivity contribution >= 4 is 5.91 Å². The van der Waals surface area contributed by atoms with Gasteiger partial charge in [-0.3, -0.25) is 9.89 Å². The molecule has 27 heavy (non-hydrogen) atoms. The highest BCUT2D eigenvalue weighted by Gasteiger charge is 2.40. The summed E-state index contributed by atoms with van der Waals surface area (Å²) >= 11 is 0. The van der Waals surface area contributed by atoms with Crippen LogP contribution in [-0.2, 0) is 29.2 Å². The maximum absolute atomic E-state index is 13.1. The molecule has 0 aromatic carbocycles. The van der Waals surface area contributed by atoms with Crippen LogP contribution in [0.5, 0.6) is 0 Å². The molecule has 0 spiro atoms. The summed E-state index contributed by atoms with van der Waals surface area (Å²) in [5.74, 6) is -0.111. The van der Waals surface area contributed by atoms with Gasteiger partial charge in [-0.25, -0.2) is 0 Å². The number of carbonyl (C=O) groups is 1. The molecule has 0 fully saturated rings. The predicted octanol–water partition coefficient (Wildman–Crippen LogP) is 3.09. The molecule has 0 bridgehead atoms. The molecule has 1 aliphatic rings. The van der Waals surface area contributed by atoms with Crippen molar-refractivity contribution in [3.8, 4) is 0 Å². The van der Waals surface area contributed by atoms with Crippen LogP contribution >= 0.6 is 0 Å². The standard InChI is InChI=1S/C17H22F3N5O2/c1-8(14-22-15(25-27-14)16(2,3)4)21-13(26)9-5-6-11-10(7-9)12(24-23-11)17(18,19)20/h8-9H,5-7H2,1-4H3,(H,21,26)(H,23,24)/t8-,9+/m0/s1. The fourth-order valence-electron chi connectivity index (χ4n) is 3.06. The van der Waals surface area contributed by atoms with Gasteiger partial charge in [0.25, 0.3) is 0 Å². The van der Waals surface area contributed by atoms with Crippen molar-refractivity contribution in [2.75, 3.05) is 0 Å². The van der Waals surface area contributed by atoms with Crippen molar-refractivity contribution in [2.45, 2.75) is 64.6 Å². The fourth-order valence-corrected chi connectivity index (χ4v) is 3.06. The molecule has 10 heteroatoms. The van der Waals surface area contributed by atoms with Crippen LogP contribution in [0.3, 0.4) is 0 Å². The molecule has 1 amide bonds. The molecule has 148 valence electrons. The summed E-state index contributed by atoms with van der Waals surface area (Å²) in [6.45, 7) is 7.51. The van der Waals surface area contributed by atoms with Gasteiger partial charge < -0.3 is 9.84 Å². The maximum atomic E-state index is 13.1. The summed E-state index contributed by atoms with van der Waals surface area (Å²) in [5, 5.41) is 12.5. The highest BCUT2D eigenvalue weighted by Crippen LogP contribution is 2.36. The van der Waals surface area contributed by atoms with Gasteiger partial charge in [-0.1, -0.05) is 25.9 Å². The molecule has 2 heterocycles. The number of H-pyrrole nitrogens is 1. The fraction of sp³-hybridized carbons (Fsp3) is 0.647. The number of aromatic amines is 1. The zero-order valence-electron chi connectivity index (χ0n) is 15.6. The Labute approximate surface area is 154 Å². The number of aromatic nitrogens is 4. The number of fused-ring (bicyclic) bond motifs is 1. The molecule has 2 aromatic heterocycles. The number of hydrogen-bond acceptors (Lipinski definition) is 5. The molecule has 0 saturated carbocycles. The Morgan fingerprint density at radius 2 is 2.04 bits per heavy atom. The first-order chi connectivity index (χ1) is 12.5. The van der Waals surface area contributed by atoms with E-state index in [4.69, 9.17) is 4.52 Å². The highest BCUT2D eigenvalue weighted by atomic mass is 19.4. The van der Waals surface area contributed by atoms with Gasteiger partial charge in [-0.2, -0.15) is 23.3 Å². The minimum Gasteiger partial charge on any atom is -0.344 e. The van der Waals surface area contributed by atoms with Crippen molar-refractivity contribution < 1.29 is 22.5 Å². The van der Waals surface area contributed by atoms with E-state index in [1.165, 1.54) is 0 Å². The zero-order chi connectivity index (χ0) is 20.0. The Balaban J connectivity index is 1.69. The normalized spacial score (nSPS) is 18.9. The van der Waals surface area contributed by atoms with E-state index in [0.717, 1.165) is 0 Å². The van der Waals surface area contributed by atoms with Crippen LogP contribution in [0, 0.1) is 5.92 Å². The molecule has 0 unspecified atom stereocenters. The van der Waals surface area contributed by atoms with Crippen LogP contribution < -0.4 is 5.32 Å². The predicted molar refractivity (Wildman–Crippen MR) is 88.7 cm³/mol. The van der Waals surface area contributed by atoms with E-state index in [-0.39, 0.29) is 29.2 Å². The number of hydrogen-bond donors (Lipinski definition) is 2. The van der Waals surface area contributed by atoms with E-state index in [1.54, 1.807) is 6.92 Å². The number of carbonyl (C=O) groups excluding carboxylic acids is 1. The smallest absolute Gasteiger partial charge is 0.344 e. The van der Waals surface area contributed by atoms with Gasteiger partial charge in [-0.05, 0) is 26.2 Å². The van der Waals surface area contributed by atoms with Gasteiger partial charge in [0.05, 0.1) is 0 Å². The number of halogens is 3. The summed E-state index contributed by atoms with van der Waals surface area (Å²) in [5.41, 5.74) is -0.698. The minimum absolute atomic E-state index is 0.00367. The number of amides is 1. The molecule has 1 aliphatic carbocycles. The average Bonchev–Trinajstić information content (AvgIpc) is 3.20. The number of alkyl halides is 3. The van der Waals surface area contributed by atoms with E-state index in [9.17, 15) is 18.0 Å². The van der Waals surface area contributed by atoms with Crippen LogP contribution in [0.25, 0.3) is 0 Å². The lowest BCUT2D eigenvalue weighted by molar-refractivity contribution is -0.142. The zero-order valence-corrected chi connectivity index (χ0v) is 15.6. The van der Waals surface area contributed by atoms with Crippen LogP contribution in [0.15, 0.2) is 4.52 Å². The van der Waals surface area contributed by atoms with Crippen LogP contribution in [-0.4, -0.2) is 26.2 Å². The third-order valence-corrected chi connectivity index (χ3v) is 4.63.